The summed E-state index contributed by atoms with van der Waals surface area (Å²) in [5, 5.41) is 14.3. The number of phenolic OH excluding ortho intramolecular Hbond substituents is 1. The quantitative estimate of drug-likeness (QED) is 0.656. The molecule has 1 amide bonds. The average molecular weight is 415 g/mol. The highest BCUT2D eigenvalue weighted by Crippen LogP contribution is 2.33. The predicted octanol–water partition coefficient (Wildman–Crippen LogP) is 4.59. The largest absolute Gasteiger partial charge is 0.508 e. The Morgan fingerprint density at radius 2 is 1.90 bits per heavy atom. The van der Waals surface area contributed by atoms with Crippen LogP contribution >= 0.6 is 11.6 Å². The van der Waals surface area contributed by atoms with E-state index < -0.39 is 11.7 Å². The number of ether oxygens (including phenoxy) is 1. The van der Waals surface area contributed by atoms with E-state index in [-0.39, 0.29) is 17.9 Å². The zero-order valence-corrected chi connectivity index (χ0v) is 17.5. The van der Waals surface area contributed by atoms with Crippen molar-refractivity contribution in [3.05, 3.63) is 63.5 Å². The SMILES string of the molecule is Cn1c(CNC(=O)OC(C)(C)C)c(-c2cccc(O)c2)c2cc(Cl)ccc2c1=O. The normalized spacial score (nSPS) is 11.5. The summed E-state index contributed by atoms with van der Waals surface area (Å²) >= 11 is 6.21. The number of hydrogen-bond donors (Lipinski definition) is 2. The molecular formula is C22H23ClN2O4. The Balaban J connectivity index is 2.20. The second kappa shape index (κ2) is 7.79. The van der Waals surface area contributed by atoms with Crippen molar-refractivity contribution in [2.45, 2.75) is 32.9 Å². The highest BCUT2D eigenvalue weighted by atomic mass is 35.5. The Morgan fingerprint density at radius 3 is 2.55 bits per heavy atom. The average Bonchev–Trinajstić information content (AvgIpc) is 2.61. The summed E-state index contributed by atoms with van der Waals surface area (Å²) < 4.78 is 6.80. The Hall–Kier alpha value is -2.99. The molecule has 7 heteroatoms. The summed E-state index contributed by atoms with van der Waals surface area (Å²) in [5.41, 5.74) is 1.13. The van der Waals surface area contributed by atoms with Gasteiger partial charge in [-0.1, -0.05) is 23.7 Å². The molecule has 0 fully saturated rings. The van der Waals surface area contributed by atoms with Gasteiger partial charge in [-0.25, -0.2) is 4.79 Å². The van der Waals surface area contributed by atoms with E-state index in [0.29, 0.717) is 32.6 Å². The van der Waals surface area contributed by atoms with Crippen molar-refractivity contribution in [2.24, 2.45) is 7.05 Å². The lowest BCUT2D eigenvalue weighted by molar-refractivity contribution is 0.0522. The maximum atomic E-state index is 12.9. The number of aromatic hydroxyl groups is 1. The van der Waals surface area contributed by atoms with Crippen LogP contribution in [0.1, 0.15) is 26.5 Å². The highest BCUT2D eigenvalue weighted by Gasteiger charge is 2.20. The lowest BCUT2D eigenvalue weighted by atomic mass is 9.96. The molecule has 0 spiro atoms. The zero-order chi connectivity index (χ0) is 21.3. The van der Waals surface area contributed by atoms with E-state index in [1.54, 1.807) is 64.2 Å². The number of amides is 1. The molecule has 0 radical (unpaired) electrons. The van der Waals surface area contributed by atoms with Crippen LogP contribution in [0.2, 0.25) is 5.02 Å². The van der Waals surface area contributed by atoms with Gasteiger partial charge in [-0.2, -0.15) is 0 Å². The van der Waals surface area contributed by atoms with Crippen LogP contribution in [0.3, 0.4) is 0 Å². The number of rotatable bonds is 3. The van der Waals surface area contributed by atoms with Gasteiger partial charge in [0.25, 0.3) is 5.56 Å². The van der Waals surface area contributed by atoms with E-state index in [0.717, 1.165) is 0 Å². The third-order valence-corrected chi connectivity index (χ3v) is 4.65. The van der Waals surface area contributed by atoms with Crippen molar-refractivity contribution in [3.63, 3.8) is 0 Å². The van der Waals surface area contributed by atoms with E-state index in [2.05, 4.69) is 5.32 Å². The number of pyridine rings is 1. The van der Waals surface area contributed by atoms with E-state index in [4.69, 9.17) is 16.3 Å². The van der Waals surface area contributed by atoms with Crippen molar-refractivity contribution in [2.75, 3.05) is 0 Å². The summed E-state index contributed by atoms with van der Waals surface area (Å²) in [6, 6.07) is 11.8. The fraction of sp³-hybridized carbons (Fsp3) is 0.273. The number of aromatic nitrogens is 1. The minimum absolute atomic E-state index is 0.0636. The molecule has 6 nitrogen and oxygen atoms in total. The zero-order valence-electron chi connectivity index (χ0n) is 16.7. The Labute approximate surface area is 173 Å². The van der Waals surface area contributed by atoms with Gasteiger partial charge in [-0.15, -0.1) is 0 Å². The molecule has 0 aliphatic heterocycles. The van der Waals surface area contributed by atoms with Gasteiger partial charge in [0.2, 0.25) is 0 Å². The van der Waals surface area contributed by atoms with Crippen LogP contribution in [0.4, 0.5) is 4.79 Å². The summed E-state index contributed by atoms with van der Waals surface area (Å²) in [4.78, 5) is 25.1. The molecule has 0 saturated carbocycles. The van der Waals surface area contributed by atoms with Crippen molar-refractivity contribution < 1.29 is 14.6 Å². The number of benzene rings is 2. The summed E-state index contributed by atoms with van der Waals surface area (Å²) in [6.45, 7) is 5.39. The summed E-state index contributed by atoms with van der Waals surface area (Å²) in [7, 11) is 1.65. The first-order valence-electron chi connectivity index (χ1n) is 9.14. The molecule has 1 aromatic heterocycles. The molecule has 2 N–H and O–H groups in total. The molecule has 3 aromatic rings. The van der Waals surface area contributed by atoms with E-state index in [1.807, 2.05) is 6.07 Å². The Bertz CT molecular complexity index is 1150. The van der Waals surface area contributed by atoms with Gasteiger partial charge < -0.3 is 19.7 Å². The number of carbonyl (C=O) groups excluding carboxylic acids is 1. The number of fused-ring (bicyclic) bond motifs is 1. The Kier molecular flexibility index (Phi) is 5.57. The van der Waals surface area contributed by atoms with Gasteiger partial charge in [-0.05, 0) is 62.1 Å². The second-order valence-corrected chi connectivity index (χ2v) is 8.22. The van der Waals surface area contributed by atoms with Gasteiger partial charge in [0.05, 0.1) is 6.54 Å². The van der Waals surface area contributed by atoms with Gasteiger partial charge >= 0.3 is 6.09 Å². The molecule has 29 heavy (non-hydrogen) atoms. The first-order valence-corrected chi connectivity index (χ1v) is 9.52. The van der Waals surface area contributed by atoms with E-state index in [1.165, 1.54) is 4.57 Å². The predicted molar refractivity (Wildman–Crippen MR) is 114 cm³/mol. The maximum absolute atomic E-state index is 12.9. The smallest absolute Gasteiger partial charge is 0.407 e. The highest BCUT2D eigenvalue weighted by molar-refractivity contribution is 6.31. The van der Waals surface area contributed by atoms with Crippen LogP contribution in [0.15, 0.2) is 47.3 Å². The molecule has 0 atom stereocenters. The van der Waals surface area contributed by atoms with Crippen LogP contribution < -0.4 is 10.9 Å². The molecule has 0 aliphatic rings. The molecule has 0 unspecified atom stereocenters. The molecule has 1 heterocycles. The van der Waals surface area contributed by atoms with Crippen LogP contribution in [-0.2, 0) is 18.3 Å². The number of phenols is 1. The minimum atomic E-state index is -0.638. The van der Waals surface area contributed by atoms with Gasteiger partial charge in [-0.3, -0.25) is 4.79 Å². The number of hydrogen-bond acceptors (Lipinski definition) is 4. The number of alkyl carbamates (subject to hydrolysis) is 1. The van der Waals surface area contributed by atoms with Crippen molar-refractivity contribution in [1.82, 2.24) is 9.88 Å². The lowest BCUT2D eigenvalue weighted by Gasteiger charge is -2.21. The molecule has 3 rings (SSSR count). The topological polar surface area (TPSA) is 80.6 Å². The third kappa shape index (κ3) is 4.54. The minimum Gasteiger partial charge on any atom is -0.508 e. The molecular weight excluding hydrogens is 392 g/mol. The molecule has 0 bridgehead atoms. The van der Waals surface area contributed by atoms with E-state index >= 15 is 0 Å². The fourth-order valence-electron chi connectivity index (χ4n) is 3.20. The summed E-state index contributed by atoms with van der Waals surface area (Å²) in [6.07, 6.45) is -0.585. The molecule has 0 saturated heterocycles. The van der Waals surface area contributed by atoms with Crippen LogP contribution in [-0.4, -0.2) is 21.4 Å². The molecule has 2 aromatic carbocycles. The van der Waals surface area contributed by atoms with Crippen molar-refractivity contribution in [1.29, 1.82) is 0 Å². The van der Waals surface area contributed by atoms with Crippen LogP contribution in [0, 0.1) is 0 Å². The number of halogens is 1. The van der Waals surface area contributed by atoms with Crippen LogP contribution in [0.25, 0.3) is 21.9 Å². The van der Waals surface area contributed by atoms with Gasteiger partial charge in [0, 0.05) is 28.7 Å². The fourth-order valence-corrected chi connectivity index (χ4v) is 3.37. The first-order chi connectivity index (χ1) is 13.6. The Morgan fingerprint density at radius 1 is 1.17 bits per heavy atom. The van der Waals surface area contributed by atoms with Crippen molar-refractivity contribution >= 4 is 28.5 Å². The molecule has 0 aliphatic carbocycles. The number of nitrogens with one attached hydrogen (secondary N) is 1. The summed E-state index contributed by atoms with van der Waals surface area (Å²) in [5.74, 6) is 0.0950. The number of nitrogens with zero attached hydrogens (tertiary/aromatic N) is 1. The van der Waals surface area contributed by atoms with E-state index in [9.17, 15) is 14.7 Å². The second-order valence-electron chi connectivity index (χ2n) is 7.78. The number of carbonyl (C=O) groups is 1. The third-order valence-electron chi connectivity index (χ3n) is 4.41. The van der Waals surface area contributed by atoms with Crippen LogP contribution in [0.5, 0.6) is 5.75 Å². The molecule has 152 valence electrons. The monoisotopic (exact) mass is 414 g/mol. The van der Waals surface area contributed by atoms with Crippen molar-refractivity contribution in [3.8, 4) is 16.9 Å². The standard InChI is InChI=1S/C22H23ClN2O4/c1-22(2,3)29-21(28)24-12-18-19(13-6-5-7-15(26)10-13)17-11-14(23)8-9-16(17)20(27)25(18)4/h5-11,26H,12H2,1-4H3,(H,24,28). The lowest BCUT2D eigenvalue weighted by Crippen LogP contribution is -2.34. The van der Waals surface area contributed by atoms with Gasteiger partial charge in [0.1, 0.15) is 11.4 Å². The maximum Gasteiger partial charge on any atom is 0.407 e. The first kappa shape index (κ1) is 20.7. The van der Waals surface area contributed by atoms with Gasteiger partial charge in [0.15, 0.2) is 0 Å².